The predicted octanol–water partition coefficient (Wildman–Crippen LogP) is 1.90. The maximum Gasteiger partial charge on any atom is 0.219 e. The fraction of sp³-hybridized carbons (Fsp3) is 0.500. The van der Waals surface area contributed by atoms with Gasteiger partial charge in [0.25, 0.3) is 0 Å². The minimum absolute atomic E-state index is 0.269. The van der Waals surface area contributed by atoms with Crippen molar-refractivity contribution in [2.75, 3.05) is 5.73 Å². The van der Waals surface area contributed by atoms with E-state index in [1.165, 1.54) is 19.3 Å². The molecule has 6 heteroatoms. The molecule has 0 aliphatic carbocycles. The van der Waals surface area contributed by atoms with Crippen molar-refractivity contribution < 1.29 is 0 Å². The van der Waals surface area contributed by atoms with Crippen LogP contribution in [0, 0.1) is 0 Å². The monoisotopic (exact) mass is 246 g/mol. The van der Waals surface area contributed by atoms with E-state index < -0.39 is 0 Å². The molecule has 6 nitrogen and oxygen atoms in total. The van der Waals surface area contributed by atoms with Gasteiger partial charge in [-0.25, -0.2) is 9.97 Å². The lowest BCUT2D eigenvalue weighted by molar-refractivity contribution is 0.527. The summed E-state index contributed by atoms with van der Waals surface area (Å²) in [5.41, 5.74) is 7.06. The number of aromatic nitrogens is 5. The van der Waals surface area contributed by atoms with Crippen molar-refractivity contribution in [3.63, 3.8) is 0 Å². The molecule has 18 heavy (non-hydrogen) atoms. The summed E-state index contributed by atoms with van der Waals surface area (Å²) in [6.07, 6.45) is 10.1. The summed E-state index contributed by atoms with van der Waals surface area (Å²) in [4.78, 5) is 7.88. The van der Waals surface area contributed by atoms with Gasteiger partial charge in [-0.1, -0.05) is 31.4 Å². The van der Waals surface area contributed by atoms with Crippen LogP contribution < -0.4 is 5.73 Å². The molecule has 0 aliphatic heterocycles. The fourth-order valence-corrected chi connectivity index (χ4v) is 1.71. The summed E-state index contributed by atoms with van der Waals surface area (Å²) in [7, 11) is 0. The number of rotatable bonds is 6. The molecule has 96 valence electrons. The first-order chi connectivity index (χ1) is 8.79. The van der Waals surface area contributed by atoms with E-state index in [1.807, 2.05) is 10.9 Å². The van der Waals surface area contributed by atoms with Crippen LogP contribution in [-0.4, -0.2) is 25.0 Å². The van der Waals surface area contributed by atoms with Gasteiger partial charge in [0.1, 0.15) is 5.69 Å². The van der Waals surface area contributed by atoms with Crippen molar-refractivity contribution in [1.82, 2.24) is 25.0 Å². The van der Waals surface area contributed by atoms with Crippen LogP contribution in [0.5, 0.6) is 0 Å². The zero-order valence-corrected chi connectivity index (χ0v) is 10.6. The molecule has 0 aliphatic rings. The number of nitrogens with zero attached hydrogens (tertiary/aromatic N) is 5. The Kier molecular flexibility index (Phi) is 4.22. The van der Waals surface area contributed by atoms with Crippen LogP contribution >= 0.6 is 0 Å². The van der Waals surface area contributed by atoms with Crippen LogP contribution in [0.25, 0.3) is 11.3 Å². The zero-order valence-electron chi connectivity index (χ0n) is 10.6. The number of anilines is 1. The molecule has 0 radical (unpaired) electrons. The van der Waals surface area contributed by atoms with E-state index in [2.05, 4.69) is 27.2 Å². The Balaban J connectivity index is 1.95. The molecule has 0 bridgehead atoms. The summed E-state index contributed by atoms with van der Waals surface area (Å²) >= 11 is 0. The van der Waals surface area contributed by atoms with Crippen LogP contribution in [-0.2, 0) is 6.54 Å². The zero-order chi connectivity index (χ0) is 12.8. The van der Waals surface area contributed by atoms with Gasteiger partial charge >= 0.3 is 0 Å². The van der Waals surface area contributed by atoms with Gasteiger partial charge in [0.15, 0.2) is 0 Å². The van der Waals surface area contributed by atoms with Crippen molar-refractivity contribution in [3.8, 4) is 11.3 Å². The molecule has 2 N–H and O–H groups in total. The second kappa shape index (κ2) is 6.09. The van der Waals surface area contributed by atoms with Crippen LogP contribution in [0.15, 0.2) is 18.6 Å². The largest absolute Gasteiger partial charge is 0.368 e. The average molecular weight is 246 g/mol. The Hall–Kier alpha value is -1.98. The highest BCUT2D eigenvalue weighted by Gasteiger charge is 2.04. The molecule has 2 aromatic rings. The first-order valence-corrected chi connectivity index (χ1v) is 6.27. The Morgan fingerprint density at radius 3 is 2.67 bits per heavy atom. The lowest BCUT2D eigenvalue weighted by Crippen LogP contribution is -1.98. The van der Waals surface area contributed by atoms with Crippen LogP contribution in [0.3, 0.4) is 0 Å². The molecule has 0 amide bonds. The topological polar surface area (TPSA) is 82.5 Å². The highest BCUT2D eigenvalue weighted by atomic mass is 15.4. The smallest absolute Gasteiger partial charge is 0.219 e. The SMILES string of the molecule is CCCCCCn1cc(-c2cnc(N)nc2)nn1. The molecule has 0 saturated carbocycles. The third kappa shape index (κ3) is 3.26. The molecule has 0 fully saturated rings. The Bertz CT molecular complexity index is 476. The lowest BCUT2D eigenvalue weighted by atomic mass is 10.2. The summed E-state index contributed by atoms with van der Waals surface area (Å²) in [5, 5.41) is 8.20. The summed E-state index contributed by atoms with van der Waals surface area (Å²) < 4.78 is 1.86. The standard InChI is InChI=1S/C12H18N6/c1-2-3-4-5-6-18-9-11(16-17-18)10-7-14-12(13)15-8-10/h7-9H,2-6H2,1H3,(H2,13,14,15). The van der Waals surface area contributed by atoms with Crippen molar-refractivity contribution in [2.45, 2.75) is 39.2 Å². The number of nitrogens with two attached hydrogens (primary N) is 1. The predicted molar refractivity (Wildman–Crippen MR) is 69.6 cm³/mol. The maximum absolute atomic E-state index is 5.44. The molecule has 2 heterocycles. The van der Waals surface area contributed by atoms with E-state index in [4.69, 9.17) is 5.73 Å². The molecule has 2 aromatic heterocycles. The molecule has 0 saturated heterocycles. The highest BCUT2D eigenvalue weighted by Crippen LogP contribution is 2.14. The second-order valence-corrected chi connectivity index (χ2v) is 4.26. The van der Waals surface area contributed by atoms with E-state index in [9.17, 15) is 0 Å². The Morgan fingerprint density at radius 2 is 1.94 bits per heavy atom. The van der Waals surface area contributed by atoms with Gasteiger partial charge in [-0.2, -0.15) is 0 Å². The third-order valence-electron chi connectivity index (χ3n) is 2.75. The number of aryl methyl sites for hydroxylation is 1. The minimum atomic E-state index is 0.269. The summed E-state index contributed by atoms with van der Waals surface area (Å²) in [6.45, 7) is 3.11. The van der Waals surface area contributed by atoms with E-state index in [0.29, 0.717) is 0 Å². The number of nitrogen functional groups attached to an aromatic ring is 1. The minimum Gasteiger partial charge on any atom is -0.368 e. The van der Waals surface area contributed by atoms with Crippen molar-refractivity contribution in [3.05, 3.63) is 18.6 Å². The number of hydrogen-bond donors (Lipinski definition) is 1. The Morgan fingerprint density at radius 1 is 1.17 bits per heavy atom. The summed E-state index contributed by atoms with van der Waals surface area (Å²) in [6, 6.07) is 0. The van der Waals surface area contributed by atoms with E-state index in [0.717, 1.165) is 24.2 Å². The first kappa shape index (κ1) is 12.5. The van der Waals surface area contributed by atoms with Gasteiger partial charge in [-0.15, -0.1) is 5.10 Å². The molecule has 2 rings (SSSR count). The maximum atomic E-state index is 5.44. The van der Waals surface area contributed by atoms with Gasteiger partial charge in [-0.05, 0) is 6.42 Å². The van der Waals surface area contributed by atoms with Gasteiger partial charge in [0.2, 0.25) is 5.95 Å². The van der Waals surface area contributed by atoms with Gasteiger partial charge in [0.05, 0.1) is 6.20 Å². The van der Waals surface area contributed by atoms with Crippen LogP contribution in [0.2, 0.25) is 0 Å². The van der Waals surface area contributed by atoms with Crippen molar-refractivity contribution in [1.29, 1.82) is 0 Å². The van der Waals surface area contributed by atoms with Crippen LogP contribution in [0.1, 0.15) is 32.6 Å². The Labute approximate surface area is 106 Å². The molecule has 0 atom stereocenters. The second-order valence-electron chi connectivity index (χ2n) is 4.26. The highest BCUT2D eigenvalue weighted by molar-refractivity contribution is 5.55. The lowest BCUT2D eigenvalue weighted by Gasteiger charge is -1.99. The molecule has 0 spiro atoms. The molecule has 0 unspecified atom stereocenters. The van der Waals surface area contributed by atoms with Gasteiger partial charge in [0, 0.05) is 24.5 Å². The van der Waals surface area contributed by atoms with Gasteiger partial charge in [-0.3, -0.25) is 4.68 Å². The first-order valence-electron chi connectivity index (χ1n) is 6.27. The number of unbranched alkanes of at least 4 members (excludes halogenated alkanes) is 3. The fourth-order valence-electron chi connectivity index (χ4n) is 1.71. The van der Waals surface area contributed by atoms with Crippen molar-refractivity contribution >= 4 is 5.95 Å². The number of hydrogen-bond acceptors (Lipinski definition) is 5. The van der Waals surface area contributed by atoms with Gasteiger partial charge < -0.3 is 5.73 Å². The molecular formula is C12H18N6. The molecule has 0 aromatic carbocycles. The third-order valence-corrected chi connectivity index (χ3v) is 2.75. The quantitative estimate of drug-likeness (QED) is 0.787. The van der Waals surface area contributed by atoms with E-state index >= 15 is 0 Å². The average Bonchev–Trinajstić information content (AvgIpc) is 2.84. The molecular weight excluding hydrogens is 228 g/mol. The van der Waals surface area contributed by atoms with Crippen molar-refractivity contribution in [2.24, 2.45) is 0 Å². The van der Waals surface area contributed by atoms with E-state index in [1.54, 1.807) is 12.4 Å². The van der Waals surface area contributed by atoms with E-state index in [-0.39, 0.29) is 5.95 Å². The summed E-state index contributed by atoms with van der Waals surface area (Å²) in [5.74, 6) is 0.269. The normalized spacial score (nSPS) is 10.7. The van der Waals surface area contributed by atoms with Crippen LogP contribution in [0.4, 0.5) is 5.95 Å².